The van der Waals surface area contributed by atoms with Gasteiger partial charge in [0, 0.05) is 10.9 Å². The topological polar surface area (TPSA) is 47.0 Å². The fourth-order valence-electron chi connectivity index (χ4n) is 2.70. The maximum atomic E-state index is 13.7. The first-order valence-corrected chi connectivity index (χ1v) is 9.56. The van der Waals surface area contributed by atoms with Crippen LogP contribution in [0.4, 0.5) is 4.39 Å². The summed E-state index contributed by atoms with van der Waals surface area (Å²) in [6, 6.07) is 6.40. The van der Waals surface area contributed by atoms with Gasteiger partial charge in [-0.25, -0.2) is 17.8 Å². The van der Waals surface area contributed by atoms with Crippen LogP contribution in [-0.4, -0.2) is 18.7 Å². The van der Waals surface area contributed by atoms with Gasteiger partial charge in [0.1, 0.15) is 10.8 Å². The molecule has 0 aliphatic heterocycles. The molecule has 3 rings (SSSR count). The molecule has 6 heteroatoms. The lowest BCUT2D eigenvalue weighted by Gasteiger charge is -2.09. The Morgan fingerprint density at radius 2 is 1.95 bits per heavy atom. The molecule has 0 bridgehead atoms. The Balaban J connectivity index is 1.81. The molecule has 0 spiro atoms. The van der Waals surface area contributed by atoms with Crippen molar-refractivity contribution in [3.63, 3.8) is 0 Å². The van der Waals surface area contributed by atoms with Crippen LogP contribution in [0.15, 0.2) is 29.6 Å². The van der Waals surface area contributed by atoms with Crippen molar-refractivity contribution < 1.29 is 12.8 Å². The van der Waals surface area contributed by atoms with Crippen LogP contribution in [-0.2, 0) is 15.6 Å². The lowest BCUT2D eigenvalue weighted by atomic mass is 10.2. The van der Waals surface area contributed by atoms with E-state index < -0.39 is 9.84 Å². The van der Waals surface area contributed by atoms with Crippen molar-refractivity contribution >= 4 is 21.2 Å². The second kappa shape index (κ2) is 5.85. The molecule has 0 saturated heterocycles. The summed E-state index contributed by atoms with van der Waals surface area (Å²) in [5.74, 6) is -0.375. The molecule has 3 nitrogen and oxygen atoms in total. The molecule has 0 atom stereocenters. The molecule has 112 valence electrons. The lowest BCUT2D eigenvalue weighted by Crippen LogP contribution is -2.19. The Bertz CT molecular complexity index is 734. The van der Waals surface area contributed by atoms with Gasteiger partial charge in [0.25, 0.3) is 0 Å². The highest BCUT2D eigenvalue weighted by Crippen LogP contribution is 2.30. The third-order valence-corrected chi connectivity index (χ3v) is 6.92. The molecular formula is C15H16FNO2S2. The normalized spacial score (nSPS) is 16.4. The van der Waals surface area contributed by atoms with E-state index in [0.29, 0.717) is 16.3 Å². The molecule has 1 aliphatic rings. The highest BCUT2D eigenvalue weighted by molar-refractivity contribution is 7.91. The largest absolute Gasteiger partial charge is 0.240 e. The van der Waals surface area contributed by atoms with Crippen molar-refractivity contribution in [1.82, 2.24) is 4.98 Å². The average Bonchev–Trinajstić information content (AvgIpc) is 3.10. The van der Waals surface area contributed by atoms with E-state index in [-0.39, 0.29) is 16.8 Å². The van der Waals surface area contributed by atoms with Crippen molar-refractivity contribution in [2.24, 2.45) is 0 Å². The Morgan fingerprint density at radius 3 is 2.67 bits per heavy atom. The monoisotopic (exact) mass is 325 g/mol. The van der Waals surface area contributed by atoms with Crippen LogP contribution >= 0.6 is 11.3 Å². The van der Waals surface area contributed by atoms with E-state index in [0.717, 1.165) is 25.7 Å². The Kier molecular flexibility index (Phi) is 4.08. The van der Waals surface area contributed by atoms with Gasteiger partial charge < -0.3 is 0 Å². The first-order valence-electron chi connectivity index (χ1n) is 6.97. The zero-order valence-corrected chi connectivity index (χ0v) is 13.1. The highest BCUT2D eigenvalue weighted by atomic mass is 32.2. The third-order valence-electron chi connectivity index (χ3n) is 3.82. The van der Waals surface area contributed by atoms with Crippen LogP contribution in [0.25, 0.3) is 10.6 Å². The minimum Gasteiger partial charge on any atom is -0.240 e. The van der Waals surface area contributed by atoms with Crippen LogP contribution in [0.2, 0.25) is 0 Å². The van der Waals surface area contributed by atoms with Gasteiger partial charge in [-0.3, -0.25) is 0 Å². The number of halogens is 1. The number of hydrogen-bond donors (Lipinski definition) is 0. The Labute approximate surface area is 127 Å². The molecule has 0 amide bonds. The Morgan fingerprint density at radius 1 is 1.24 bits per heavy atom. The molecule has 1 aromatic heterocycles. The number of nitrogens with zero attached hydrogens (tertiary/aromatic N) is 1. The highest BCUT2D eigenvalue weighted by Gasteiger charge is 2.29. The molecule has 1 aliphatic carbocycles. The minimum atomic E-state index is -3.14. The number of hydrogen-bond acceptors (Lipinski definition) is 4. The molecule has 21 heavy (non-hydrogen) atoms. The van der Waals surface area contributed by atoms with Crippen molar-refractivity contribution in [2.75, 3.05) is 0 Å². The van der Waals surface area contributed by atoms with E-state index in [4.69, 9.17) is 0 Å². The van der Waals surface area contributed by atoms with E-state index in [9.17, 15) is 12.8 Å². The molecule has 1 aromatic carbocycles. The summed E-state index contributed by atoms with van der Waals surface area (Å²) < 4.78 is 38.3. The van der Waals surface area contributed by atoms with E-state index >= 15 is 0 Å². The van der Waals surface area contributed by atoms with Gasteiger partial charge in [0.05, 0.1) is 16.7 Å². The quantitative estimate of drug-likeness (QED) is 0.859. The fraction of sp³-hybridized carbons (Fsp3) is 0.400. The van der Waals surface area contributed by atoms with E-state index in [1.807, 2.05) is 0 Å². The predicted molar refractivity (Wildman–Crippen MR) is 82.4 cm³/mol. The number of sulfone groups is 1. The van der Waals surface area contributed by atoms with Gasteiger partial charge in [-0.05, 0) is 25.0 Å². The third kappa shape index (κ3) is 3.16. The second-order valence-electron chi connectivity index (χ2n) is 5.34. The maximum Gasteiger partial charge on any atom is 0.158 e. The second-order valence-corrected chi connectivity index (χ2v) is 8.48. The molecule has 2 aromatic rings. The fourth-order valence-corrected chi connectivity index (χ4v) is 5.50. The van der Waals surface area contributed by atoms with Crippen LogP contribution in [0.1, 0.15) is 31.4 Å². The van der Waals surface area contributed by atoms with Gasteiger partial charge in [-0.15, -0.1) is 11.3 Å². The van der Waals surface area contributed by atoms with Gasteiger partial charge in [0.15, 0.2) is 9.84 Å². The maximum absolute atomic E-state index is 13.7. The van der Waals surface area contributed by atoms with Gasteiger partial charge >= 0.3 is 0 Å². The zero-order chi connectivity index (χ0) is 14.9. The van der Waals surface area contributed by atoms with Crippen LogP contribution in [0, 0.1) is 5.82 Å². The average molecular weight is 325 g/mol. The minimum absolute atomic E-state index is 0.0391. The van der Waals surface area contributed by atoms with Crippen LogP contribution in [0.3, 0.4) is 0 Å². The number of benzene rings is 1. The van der Waals surface area contributed by atoms with Crippen molar-refractivity contribution in [1.29, 1.82) is 0 Å². The summed E-state index contributed by atoms with van der Waals surface area (Å²) in [4.78, 5) is 4.30. The predicted octanol–water partition coefficient (Wildman–Crippen LogP) is 3.81. The summed E-state index contributed by atoms with van der Waals surface area (Å²) in [6.45, 7) is 0. The van der Waals surface area contributed by atoms with E-state index in [1.54, 1.807) is 23.6 Å². The molecular weight excluding hydrogens is 309 g/mol. The van der Waals surface area contributed by atoms with Crippen molar-refractivity contribution in [2.45, 2.75) is 36.7 Å². The van der Waals surface area contributed by atoms with E-state index in [1.165, 1.54) is 17.4 Å². The Hall–Kier alpha value is -1.27. The summed E-state index contributed by atoms with van der Waals surface area (Å²) in [7, 11) is -3.14. The zero-order valence-electron chi connectivity index (χ0n) is 11.5. The summed E-state index contributed by atoms with van der Waals surface area (Å²) in [5, 5.41) is 2.02. The van der Waals surface area contributed by atoms with Gasteiger partial charge in [0.2, 0.25) is 0 Å². The van der Waals surface area contributed by atoms with Crippen LogP contribution < -0.4 is 0 Å². The number of thiazole rings is 1. The molecule has 1 fully saturated rings. The first kappa shape index (κ1) is 14.7. The molecule has 0 unspecified atom stereocenters. The standard InChI is InChI=1S/C15H16FNO2S2/c16-14-8-4-3-7-13(14)15-17-11(9-20-15)10-21(18,19)12-5-1-2-6-12/h3-4,7-9,12H,1-2,5-6,10H2. The number of rotatable bonds is 4. The smallest absolute Gasteiger partial charge is 0.158 e. The van der Waals surface area contributed by atoms with Gasteiger partial charge in [-0.2, -0.15) is 0 Å². The number of aromatic nitrogens is 1. The van der Waals surface area contributed by atoms with Gasteiger partial charge in [-0.1, -0.05) is 25.0 Å². The van der Waals surface area contributed by atoms with Crippen LogP contribution in [0.5, 0.6) is 0 Å². The SMILES string of the molecule is O=S(=O)(Cc1csc(-c2ccccc2F)n1)C1CCCC1. The van der Waals surface area contributed by atoms with E-state index in [2.05, 4.69) is 4.98 Å². The lowest BCUT2D eigenvalue weighted by molar-refractivity contribution is 0.578. The first-order chi connectivity index (χ1) is 10.1. The summed E-state index contributed by atoms with van der Waals surface area (Å²) >= 11 is 1.28. The summed E-state index contributed by atoms with van der Waals surface area (Å²) in [6.07, 6.45) is 3.49. The van der Waals surface area contributed by atoms with Crippen molar-refractivity contribution in [3.05, 3.63) is 41.2 Å². The molecule has 0 N–H and O–H groups in total. The molecule has 1 saturated carbocycles. The van der Waals surface area contributed by atoms with Crippen molar-refractivity contribution in [3.8, 4) is 10.6 Å². The summed E-state index contributed by atoms with van der Waals surface area (Å²) in [5.41, 5.74) is 0.942. The molecule has 0 radical (unpaired) electrons. The molecule has 1 heterocycles.